The molecule has 0 unspecified atom stereocenters. The SMILES string of the molecule is CCOc1ccc([C@@H]2C(C(=O)OC)=CN=c3s/c(=C\c4cc(Cl)c(OCc5ccc(Br)cc5)c(OCC)c4)c(=O)n32)cc1OCC. The second kappa shape index (κ2) is 15.0. The molecule has 0 fully saturated rings. The number of rotatable bonds is 12. The van der Waals surface area contributed by atoms with Crippen LogP contribution < -0.4 is 33.8 Å². The monoisotopic (exact) mass is 726 g/mol. The van der Waals surface area contributed by atoms with Gasteiger partial charge in [0.15, 0.2) is 27.8 Å². The molecule has 0 amide bonds. The van der Waals surface area contributed by atoms with Crippen molar-refractivity contribution in [2.75, 3.05) is 26.9 Å². The number of aromatic nitrogens is 1. The molecule has 0 aliphatic carbocycles. The van der Waals surface area contributed by atoms with Gasteiger partial charge >= 0.3 is 5.97 Å². The Morgan fingerprint density at radius 2 is 1.65 bits per heavy atom. The molecular formula is C34H32BrClN2O7S. The van der Waals surface area contributed by atoms with Crippen LogP contribution in [0.1, 0.15) is 43.5 Å². The van der Waals surface area contributed by atoms with E-state index in [0.29, 0.717) is 74.9 Å². The molecule has 0 spiro atoms. The van der Waals surface area contributed by atoms with E-state index >= 15 is 0 Å². The lowest BCUT2D eigenvalue weighted by molar-refractivity contribution is -0.136. The van der Waals surface area contributed by atoms with E-state index in [0.717, 1.165) is 10.0 Å². The molecule has 0 saturated heterocycles. The van der Waals surface area contributed by atoms with E-state index < -0.39 is 12.0 Å². The average molecular weight is 728 g/mol. The summed E-state index contributed by atoms with van der Waals surface area (Å²) in [4.78, 5) is 31.8. The molecular weight excluding hydrogens is 696 g/mol. The zero-order valence-corrected chi connectivity index (χ0v) is 28.8. The number of fused-ring (bicyclic) bond motifs is 1. The highest BCUT2D eigenvalue weighted by molar-refractivity contribution is 9.10. The summed E-state index contributed by atoms with van der Waals surface area (Å²) in [6, 6.07) is 15.8. The summed E-state index contributed by atoms with van der Waals surface area (Å²) >= 11 is 11.3. The second-order valence-corrected chi connectivity index (χ2v) is 12.3. The van der Waals surface area contributed by atoms with Gasteiger partial charge < -0.3 is 23.7 Å². The average Bonchev–Trinajstić information content (AvgIpc) is 3.36. The maximum absolute atomic E-state index is 14.0. The molecule has 1 aliphatic heterocycles. The molecule has 1 aliphatic rings. The van der Waals surface area contributed by atoms with Crippen molar-refractivity contribution in [2.24, 2.45) is 4.99 Å². The van der Waals surface area contributed by atoms with Crippen molar-refractivity contribution in [1.29, 1.82) is 0 Å². The minimum atomic E-state index is -0.808. The predicted molar refractivity (Wildman–Crippen MR) is 181 cm³/mol. The summed E-state index contributed by atoms with van der Waals surface area (Å²) in [5.41, 5.74) is 2.12. The Morgan fingerprint density at radius 1 is 0.957 bits per heavy atom. The van der Waals surface area contributed by atoms with Crippen molar-refractivity contribution >= 4 is 50.9 Å². The first kappa shape index (κ1) is 33.3. The highest BCUT2D eigenvalue weighted by Crippen LogP contribution is 2.38. The lowest BCUT2D eigenvalue weighted by atomic mass is 9.97. The molecule has 1 atom stereocenters. The summed E-state index contributed by atoms with van der Waals surface area (Å²) in [7, 11) is 1.29. The minimum absolute atomic E-state index is 0.210. The molecule has 3 aromatic carbocycles. The summed E-state index contributed by atoms with van der Waals surface area (Å²) in [5, 5.41) is 0.339. The smallest absolute Gasteiger partial charge is 0.337 e. The standard InChI is InChI=1S/C34H32BrClN2O7S/c1-5-42-26-13-10-22(17-27(26)43-6-2)30-24(33(40)41-4)18-37-34-38(30)32(39)29(46-34)16-21-14-25(36)31(28(15-21)44-7-3)45-19-20-8-11-23(35)12-9-20/h8-18,30H,5-7,19H2,1-4H3/b29-16-/t30-/m1/s1. The lowest BCUT2D eigenvalue weighted by Crippen LogP contribution is -2.39. The lowest BCUT2D eigenvalue weighted by Gasteiger charge is -2.23. The number of hydrogen-bond donors (Lipinski definition) is 0. The first-order valence-corrected chi connectivity index (χ1v) is 16.6. The summed E-state index contributed by atoms with van der Waals surface area (Å²) in [5.74, 6) is 1.34. The van der Waals surface area contributed by atoms with E-state index in [4.69, 9.17) is 35.3 Å². The van der Waals surface area contributed by atoms with Crippen molar-refractivity contribution < 1.29 is 28.5 Å². The fourth-order valence-corrected chi connectivity index (χ4v) is 6.46. The van der Waals surface area contributed by atoms with Crippen LogP contribution in [0.25, 0.3) is 6.08 Å². The van der Waals surface area contributed by atoms with Crippen LogP contribution in [-0.2, 0) is 16.1 Å². The molecule has 0 saturated carbocycles. The number of esters is 1. The Morgan fingerprint density at radius 3 is 2.35 bits per heavy atom. The quantitative estimate of drug-likeness (QED) is 0.160. The summed E-state index contributed by atoms with van der Waals surface area (Å²) in [6.45, 7) is 7.17. The molecule has 0 N–H and O–H groups in total. The largest absolute Gasteiger partial charge is 0.490 e. The Hall–Kier alpha value is -4.06. The van der Waals surface area contributed by atoms with E-state index in [9.17, 15) is 9.59 Å². The third-order valence-corrected chi connectivity index (χ3v) is 8.74. The molecule has 1 aromatic heterocycles. The van der Waals surface area contributed by atoms with Crippen molar-refractivity contribution in [1.82, 2.24) is 4.57 Å². The number of thiazole rings is 1. The fourth-order valence-electron chi connectivity index (χ4n) is 4.95. The summed E-state index contributed by atoms with van der Waals surface area (Å²) < 4.78 is 31.4. The van der Waals surface area contributed by atoms with Gasteiger partial charge in [-0.25, -0.2) is 9.79 Å². The van der Waals surface area contributed by atoms with Gasteiger partial charge in [0.25, 0.3) is 5.56 Å². The van der Waals surface area contributed by atoms with Gasteiger partial charge in [0.05, 0.1) is 48.1 Å². The number of carbonyl (C=O) groups excluding carboxylic acids is 1. The third-order valence-electron chi connectivity index (χ3n) is 6.93. The van der Waals surface area contributed by atoms with E-state index in [1.807, 2.05) is 45.0 Å². The number of carbonyl (C=O) groups is 1. The minimum Gasteiger partial charge on any atom is -0.490 e. The molecule has 2 heterocycles. The molecule has 4 aromatic rings. The van der Waals surface area contributed by atoms with Gasteiger partial charge in [0.2, 0.25) is 0 Å². The topological polar surface area (TPSA) is 97.6 Å². The van der Waals surface area contributed by atoms with Gasteiger partial charge in [-0.3, -0.25) is 9.36 Å². The van der Waals surface area contributed by atoms with E-state index in [2.05, 4.69) is 20.9 Å². The molecule has 0 radical (unpaired) electrons. The number of ether oxygens (including phenoxy) is 5. The summed E-state index contributed by atoms with van der Waals surface area (Å²) in [6.07, 6.45) is 3.17. The van der Waals surface area contributed by atoms with Crippen LogP contribution >= 0.6 is 38.9 Å². The van der Waals surface area contributed by atoms with Gasteiger partial charge in [0.1, 0.15) is 6.61 Å². The first-order valence-electron chi connectivity index (χ1n) is 14.6. The normalized spacial score (nSPS) is 14.2. The predicted octanol–water partition coefficient (Wildman–Crippen LogP) is 6.21. The van der Waals surface area contributed by atoms with Crippen LogP contribution in [0, 0.1) is 0 Å². The van der Waals surface area contributed by atoms with Gasteiger partial charge in [0, 0.05) is 10.7 Å². The second-order valence-electron chi connectivity index (χ2n) is 9.93. The number of methoxy groups -OCH3 is 1. The van der Waals surface area contributed by atoms with Crippen molar-refractivity contribution in [3.63, 3.8) is 0 Å². The number of hydrogen-bond acceptors (Lipinski definition) is 9. The molecule has 46 heavy (non-hydrogen) atoms. The molecule has 0 bridgehead atoms. The van der Waals surface area contributed by atoms with Gasteiger partial charge in [-0.05, 0) is 79.9 Å². The number of nitrogens with zero attached hydrogens (tertiary/aromatic N) is 2. The first-order chi connectivity index (χ1) is 22.3. The highest BCUT2D eigenvalue weighted by atomic mass is 79.9. The fraction of sp³-hybridized carbons (Fsp3) is 0.265. The Bertz CT molecular complexity index is 1950. The van der Waals surface area contributed by atoms with Crippen molar-refractivity contribution in [2.45, 2.75) is 33.4 Å². The van der Waals surface area contributed by atoms with Crippen LogP contribution in [-0.4, -0.2) is 37.5 Å². The maximum atomic E-state index is 14.0. The molecule has 5 rings (SSSR count). The van der Waals surface area contributed by atoms with Gasteiger partial charge in [-0.2, -0.15) is 0 Å². The zero-order valence-electron chi connectivity index (χ0n) is 25.7. The van der Waals surface area contributed by atoms with E-state index in [1.54, 1.807) is 36.4 Å². The third kappa shape index (κ3) is 7.16. The van der Waals surface area contributed by atoms with Crippen LogP contribution in [0.15, 0.2) is 80.6 Å². The van der Waals surface area contributed by atoms with Crippen LogP contribution in [0.5, 0.6) is 23.0 Å². The molecule has 9 nitrogen and oxygen atoms in total. The Balaban J connectivity index is 1.57. The highest BCUT2D eigenvalue weighted by Gasteiger charge is 2.31. The van der Waals surface area contributed by atoms with Crippen molar-refractivity contribution in [3.05, 3.63) is 112 Å². The van der Waals surface area contributed by atoms with E-state index in [1.165, 1.54) is 29.2 Å². The van der Waals surface area contributed by atoms with Crippen LogP contribution in [0.3, 0.4) is 0 Å². The Kier molecular flexibility index (Phi) is 10.9. The Labute approximate surface area is 283 Å². The number of halogens is 2. The van der Waals surface area contributed by atoms with E-state index in [-0.39, 0.29) is 11.1 Å². The van der Waals surface area contributed by atoms with Crippen molar-refractivity contribution in [3.8, 4) is 23.0 Å². The maximum Gasteiger partial charge on any atom is 0.337 e. The molecule has 12 heteroatoms. The molecule has 240 valence electrons. The van der Waals surface area contributed by atoms with Gasteiger partial charge in [-0.15, -0.1) is 0 Å². The van der Waals surface area contributed by atoms with Gasteiger partial charge in [-0.1, -0.05) is 57.1 Å². The zero-order chi connectivity index (χ0) is 32.8. The van der Waals surface area contributed by atoms with Crippen LogP contribution in [0.2, 0.25) is 5.02 Å². The number of benzene rings is 3. The van der Waals surface area contributed by atoms with Crippen LogP contribution in [0.4, 0.5) is 0 Å².